The van der Waals surface area contributed by atoms with E-state index in [1.54, 1.807) is 0 Å². The van der Waals surface area contributed by atoms with Crippen molar-refractivity contribution in [2.75, 3.05) is 25.1 Å². The van der Waals surface area contributed by atoms with Gasteiger partial charge in [-0.2, -0.15) is 0 Å². The van der Waals surface area contributed by atoms with Crippen LogP contribution in [0, 0.1) is 0 Å². The lowest BCUT2D eigenvalue weighted by Crippen LogP contribution is -2.17. The molecule has 0 atom stereocenters. The van der Waals surface area contributed by atoms with Crippen LogP contribution in [0.1, 0.15) is 52.6 Å². The van der Waals surface area contributed by atoms with Crippen LogP contribution < -0.4 is 5.32 Å². The van der Waals surface area contributed by atoms with E-state index in [1.165, 1.54) is 0 Å². The van der Waals surface area contributed by atoms with E-state index in [9.17, 15) is 0 Å². The molecule has 0 saturated carbocycles. The first kappa shape index (κ1) is 15.9. The van der Waals surface area contributed by atoms with Gasteiger partial charge in [-0.1, -0.05) is 27.7 Å². The van der Waals surface area contributed by atoms with Gasteiger partial charge in [-0.15, -0.1) is 0 Å². The van der Waals surface area contributed by atoms with Gasteiger partial charge in [-0.25, -0.2) is 9.97 Å². The van der Waals surface area contributed by atoms with Crippen molar-refractivity contribution in [1.29, 1.82) is 0 Å². The van der Waals surface area contributed by atoms with Crippen molar-refractivity contribution < 1.29 is 4.74 Å². The maximum Gasteiger partial charge on any atom is 0.133 e. The minimum absolute atomic E-state index is 0.0337. The molecule has 0 aromatic carbocycles. The molecule has 0 spiro atoms. The van der Waals surface area contributed by atoms with Crippen LogP contribution in [0.2, 0.25) is 0 Å². The average Bonchev–Trinajstić information content (AvgIpc) is 2.35. The van der Waals surface area contributed by atoms with Gasteiger partial charge in [0.25, 0.3) is 0 Å². The van der Waals surface area contributed by atoms with Crippen molar-refractivity contribution in [3.8, 4) is 0 Å². The van der Waals surface area contributed by atoms with Crippen molar-refractivity contribution in [3.63, 3.8) is 0 Å². The van der Waals surface area contributed by atoms with Crippen LogP contribution in [0.15, 0.2) is 6.07 Å². The van der Waals surface area contributed by atoms with Gasteiger partial charge in [0.15, 0.2) is 0 Å². The summed E-state index contributed by atoms with van der Waals surface area (Å²) >= 11 is 0. The number of hydrogen-bond acceptors (Lipinski definition) is 4. The third-order valence-corrected chi connectivity index (χ3v) is 2.77. The average molecular weight is 265 g/mol. The fourth-order valence-electron chi connectivity index (χ4n) is 1.64. The van der Waals surface area contributed by atoms with Crippen LogP contribution in [-0.4, -0.2) is 29.7 Å². The third kappa shape index (κ3) is 5.55. The first-order chi connectivity index (χ1) is 8.97. The van der Waals surface area contributed by atoms with Crippen molar-refractivity contribution in [3.05, 3.63) is 17.6 Å². The van der Waals surface area contributed by atoms with Crippen LogP contribution in [0.3, 0.4) is 0 Å². The maximum absolute atomic E-state index is 5.38. The fraction of sp³-hybridized carbons (Fsp3) is 0.733. The molecule has 0 bridgehead atoms. The molecule has 1 heterocycles. The first-order valence-electron chi connectivity index (χ1n) is 7.17. The van der Waals surface area contributed by atoms with Gasteiger partial charge in [0.1, 0.15) is 11.6 Å². The Morgan fingerprint density at radius 3 is 2.53 bits per heavy atom. The van der Waals surface area contributed by atoms with Crippen LogP contribution >= 0.6 is 0 Å². The van der Waals surface area contributed by atoms with Gasteiger partial charge < -0.3 is 10.1 Å². The van der Waals surface area contributed by atoms with Gasteiger partial charge in [0.2, 0.25) is 0 Å². The zero-order valence-corrected chi connectivity index (χ0v) is 12.9. The quantitative estimate of drug-likeness (QED) is 0.769. The smallest absolute Gasteiger partial charge is 0.133 e. The minimum atomic E-state index is 0.0337. The number of nitrogens with one attached hydrogen (secondary N) is 1. The van der Waals surface area contributed by atoms with Gasteiger partial charge >= 0.3 is 0 Å². The summed E-state index contributed by atoms with van der Waals surface area (Å²) in [5.41, 5.74) is 1.11. The third-order valence-electron chi connectivity index (χ3n) is 2.77. The van der Waals surface area contributed by atoms with E-state index in [1.807, 2.05) is 6.92 Å². The molecule has 0 aliphatic carbocycles. The Morgan fingerprint density at radius 1 is 1.21 bits per heavy atom. The summed E-state index contributed by atoms with van der Waals surface area (Å²) in [4.78, 5) is 9.21. The molecule has 4 nitrogen and oxygen atoms in total. The second-order valence-electron chi connectivity index (χ2n) is 5.68. The Hall–Kier alpha value is -1.16. The summed E-state index contributed by atoms with van der Waals surface area (Å²) in [5.74, 6) is 1.78. The topological polar surface area (TPSA) is 47.0 Å². The standard InChI is InChI=1S/C15H27N3O/c1-6-9-16-14-11-12(15(3,4)5)17-13(18-14)8-10-19-7-2/h11H,6-10H2,1-5H3,(H,16,17,18). The van der Waals surface area contributed by atoms with Crippen LogP contribution in [0.4, 0.5) is 5.82 Å². The summed E-state index contributed by atoms with van der Waals surface area (Å²) in [6.07, 6.45) is 1.85. The van der Waals surface area contributed by atoms with E-state index >= 15 is 0 Å². The Balaban J connectivity index is 2.89. The summed E-state index contributed by atoms with van der Waals surface area (Å²) in [5, 5.41) is 3.35. The second-order valence-corrected chi connectivity index (χ2v) is 5.68. The molecule has 0 aliphatic heterocycles. The van der Waals surface area contributed by atoms with E-state index in [4.69, 9.17) is 4.74 Å². The Morgan fingerprint density at radius 2 is 1.95 bits per heavy atom. The summed E-state index contributed by atoms with van der Waals surface area (Å²) in [6.45, 7) is 13.0. The molecule has 0 fully saturated rings. The zero-order chi connectivity index (χ0) is 14.3. The summed E-state index contributed by atoms with van der Waals surface area (Å²) in [6, 6.07) is 2.06. The maximum atomic E-state index is 5.38. The number of nitrogens with zero attached hydrogens (tertiary/aromatic N) is 2. The highest BCUT2D eigenvalue weighted by Gasteiger charge is 2.17. The molecule has 0 amide bonds. The molecular formula is C15H27N3O. The van der Waals surface area contributed by atoms with E-state index in [2.05, 4.69) is 49.0 Å². The Kier molecular flexibility index (Phi) is 6.22. The number of aromatic nitrogens is 2. The first-order valence-corrected chi connectivity index (χ1v) is 7.17. The molecule has 1 rings (SSSR count). The van der Waals surface area contributed by atoms with Crippen molar-refractivity contribution in [2.45, 2.75) is 52.9 Å². The van der Waals surface area contributed by atoms with Crippen molar-refractivity contribution in [2.24, 2.45) is 0 Å². The lowest BCUT2D eigenvalue weighted by Gasteiger charge is -2.19. The number of rotatable bonds is 7. The molecule has 108 valence electrons. The number of ether oxygens (including phenoxy) is 1. The van der Waals surface area contributed by atoms with E-state index in [-0.39, 0.29) is 5.41 Å². The molecule has 1 N–H and O–H groups in total. The van der Waals surface area contributed by atoms with E-state index in [0.29, 0.717) is 6.61 Å². The molecule has 0 radical (unpaired) electrons. The second kappa shape index (κ2) is 7.43. The van der Waals surface area contributed by atoms with Gasteiger partial charge in [0.05, 0.1) is 12.3 Å². The van der Waals surface area contributed by atoms with Crippen molar-refractivity contribution >= 4 is 5.82 Å². The normalized spacial score (nSPS) is 11.6. The highest BCUT2D eigenvalue weighted by molar-refractivity contribution is 5.38. The monoisotopic (exact) mass is 265 g/mol. The Bertz CT molecular complexity index is 385. The van der Waals surface area contributed by atoms with Crippen LogP contribution in [0.5, 0.6) is 0 Å². The molecule has 19 heavy (non-hydrogen) atoms. The summed E-state index contributed by atoms with van der Waals surface area (Å²) in [7, 11) is 0. The van der Waals surface area contributed by atoms with Crippen molar-refractivity contribution in [1.82, 2.24) is 9.97 Å². The largest absolute Gasteiger partial charge is 0.381 e. The molecule has 0 saturated heterocycles. The zero-order valence-electron chi connectivity index (χ0n) is 12.9. The fourth-order valence-corrected chi connectivity index (χ4v) is 1.64. The Labute approximate surface area is 117 Å². The highest BCUT2D eigenvalue weighted by Crippen LogP contribution is 2.22. The molecule has 1 aromatic rings. The lowest BCUT2D eigenvalue weighted by molar-refractivity contribution is 0.149. The number of hydrogen-bond donors (Lipinski definition) is 1. The molecule has 4 heteroatoms. The van der Waals surface area contributed by atoms with E-state index in [0.717, 1.165) is 43.3 Å². The predicted molar refractivity (Wildman–Crippen MR) is 79.7 cm³/mol. The lowest BCUT2D eigenvalue weighted by atomic mass is 9.92. The molecule has 0 aliphatic rings. The van der Waals surface area contributed by atoms with Crippen LogP contribution in [0.25, 0.3) is 0 Å². The minimum Gasteiger partial charge on any atom is -0.381 e. The molecule has 1 aromatic heterocycles. The molecular weight excluding hydrogens is 238 g/mol. The van der Waals surface area contributed by atoms with Gasteiger partial charge in [-0.3, -0.25) is 0 Å². The van der Waals surface area contributed by atoms with Gasteiger partial charge in [-0.05, 0) is 13.3 Å². The highest BCUT2D eigenvalue weighted by atomic mass is 16.5. The number of anilines is 1. The van der Waals surface area contributed by atoms with E-state index < -0.39 is 0 Å². The predicted octanol–water partition coefficient (Wildman–Crippen LogP) is 3.18. The summed E-state index contributed by atoms with van der Waals surface area (Å²) < 4.78 is 5.38. The SMILES string of the molecule is CCCNc1cc(C(C)(C)C)nc(CCOCC)n1. The van der Waals surface area contributed by atoms with Gasteiger partial charge in [0, 0.05) is 31.1 Å². The molecule has 0 unspecified atom stereocenters. The van der Waals surface area contributed by atoms with Crippen LogP contribution in [-0.2, 0) is 16.6 Å².